The van der Waals surface area contributed by atoms with Crippen LogP contribution in [0.5, 0.6) is 0 Å². The van der Waals surface area contributed by atoms with Crippen LogP contribution >= 0.6 is 11.6 Å². The van der Waals surface area contributed by atoms with E-state index < -0.39 is 4.92 Å². The number of aromatic nitrogens is 2. The number of rotatable bonds is 6. The van der Waals surface area contributed by atoms with Gasteiger partial charge < -0.3 is 5.32 Å². The van der Waals surface area contributed by atoms with Gasteiger partial charge in [-0.1, -0.05) is 18.5 Å². The second-order valence-corrected chi connectivity index (χ2v) is 4.75. The third-order valence-corrected chi connectivity index (χ3v) is 3.09. The number of halogens is 1. The van der Waals surface area contributed by atoms with Crippen LogP contribution in [0.25, 0.3) is 0 Å². The Labute approximate surface area is 121 Å². The molecule has 20 heavy (non-hydrogen) atoms. The maximum absolute atomic E-state index is 11.0. The van der Waals surface area contributed by atoms with E-state index in [9.17, 15) is 10.1 Å². The van der Waals surface area contributed by atoms with E-state index in [0.717, 1.165) is 18.7 Å². The predicted octanol–water partition coefficient (Wildman–Crippen LogP) is 3.47. The van der Waals surface area contributed by atoms with Gasteiger partial charge in [0.25, 0.3) is 5.69 Å². The van der Waals surface area contributed by atoms with E-state index in [4.69, 9.17) is 11.6 Å². The molecule has 0 fully saturated rings. The molecule has 0 aliphatic rings. The van der Waals surface area contributed by atoms with E-state index in [1.54, 1.807) is 18.3 Å². The fourth-order valence-corrected chi connectivity index (χ4v) is 2.08. The first-order valence-corrected chi connectivity index (χ1v) is 6.68. The first-order chi connectivity index (χ1) is 9.61. The topological polar surface area (TPSA) is 73.0 Å². The minimum Gasteiger partial charge on any atom is -0.374 e. The monoisotopic (exact) mass is 294 g/mol. The minimum atomic E-state index is -0.447. The molecule has 0 bridgehead atoms. The zero-order valence-electron chi connectivity index (χ0n) is 11.0. The molecule has 6 nitrogen and oxygen atoms in total. The Kier molecular flexibility index (Phi) is 4.57. The summed E-state index contributed by atoms with van der Waals surface area (Å²) < 4.78 is 1.88. The maximum atomic E-state index is 11.0. The third-order valence-electron chi connectivity index (χ3n) is 2.86. The fraction of sp³-hybridized carbons (Fsp3) is 0.308. The van der Waals surface area contributed by atoms with Crippen LogP contribution in [0.1, 0.15) is 19.0 Å². The van der Waals surface area contributed by atoms with Crippen molar-refractivity contribution < 1.29 is 4.92 Å². The SMILES string of the molecule is CCCn1nccc1CNc1ccc(Cl)cc1[N+](=O)[O-]. The number of nitrogens with one attached hydrogen (secondary N) is 1. The van der Waals surface area contributed by atoms with Crippen LogP contribution in [0, 0.1) is 10.1 Å². The van der Waals surface area contributed by atoms with Gasteiger partial charge in [0.1, 0.15) is 5.69 Å². The van der Waals surface area contributed by atoms with Crippen LogP contribution in [0.2, 0.25) is 5.02 Å². The summed E-state index contributed by atoms with van der Waals surface area (Å²) >= 11 is 5.78. The summed E-state index contributed by atoms with van der Waals surface area (Å²) in [4.78, 5) is 10.5. The average molecular weight is 295 g/mol. The lowest BCUT2D eigenvalue weighted by molar-refractivity contribution is -0.383. The Hall–Kier alpha value is -2.08. The Morgan fingerprint density at radius 1 is 1.45 bits per heavy atom. The van der Waals surface area contributed by atoms with Crippen LogP contribution < -0.4 is 5.32 Å². The number of benzene rings is 1. The standard InChI is InChI=1S/C13H15ClN4O2/c1-2-7-17-11(5-6-16-17)9-15-12-4-3-10(14)8-13(12)18(19)20/h3-6,8,15H,2,7,9H2,1H3. The van der Waals surface area contributed by atoms with E-state index in [-0.39, 0.29) is 5.69 Å². The molecular weight excluding hydrogens is 280 g/mol. The highest BCUT2D eigenvalue weighted by Gasteiger charge is 2.14. The summed E-state index contributed by atoms with van der Waals surface area (Å²) in [6, 6.07) is 6.47. The molecular formula is C13H15ClN4O2. The van der Waals surface area contributed by atoms with Gasteiger partial charge in [-0.2, -0.15) is 5.10 Å². The number of aryl methyl sites for hydroxylation is 1. The molecule has 0 aliphatic heterocycles. The summed E-state index contributed by atoms with van der Waals surface area (Å²) in [6.07, 6.45) is 2.71. The molecule has 0 spiro atoms. The quantitative estimate of drug-likeness (QED) is 0.654. The second kappa shape index (κ2) is 6.38. The summed E-state index contributed by atoms with van der Waals surface area (Å²) in [7, 11) is 0. The normalized spacial score (nSPS) is 10.5. The number of nitro benzene ring substituents is 1. The number of nitro groups is 1. The van der Waals surface area contributed by atoms with E-state index in [1.165, 1.54) is 6.07 Å². The van der Waals surface area contributed by atoms with Crippen molar-refractivity contribution >= 4 is 23.0 Å². The van der Waals surface area contributed by atoms with Crippen LogP contribution in [0.3, 0.4) is 0 Å². The molecule has 0 atom stereocenters. The molecule has 0 unspecified atom stereocenters. The van der Waals surface area contributed by atoms with Crippen molar-refractivity contribution in [1.82, 2.24) is 9.78 Å². The van der Waals surface area contributed by atoms with Gasteiger partial charge in [0.2, 0.25) is 0 Å². The highest BCUT2D eigenvalue weighted by atomic mass is 35.5. The number of hydrogen-bond acceptors (Lipinski definition) is 4. The number of nitrogens with zero attached hydrogens (tertiary/aromatic N) is 3. The van der Waals surface area contributed by atoms with Crippen molar-refractivity contribution in [2.75, 3.05) is 5.32 Å². The summed E-state index contributed by atoms with van der Waals surface area (Å²) in [5, 5.41) is 18.6. The average Bonchev–Trinajstić information content (AvgIpc) is 2.85. The molecule has 1 aromatic heterocycles. The first kappa shape index (κ1) is 14.3. The van der Waals surface area contributed by atoms with Crippen LogP contribution in [-0.4, -0.2) is 14.7 Å². The van der Waals surface area contributed by atoms with Crippen molar-refractivity contribution in [3.05, 3.63) is 51.3 Å². The van der Waals surface area contributed by atoms with Gasteiger partial charge in [-0.15, -0.1) is 0 Å². The van der Waals surface area contributed by atoms with Gasteiger partial charge >= 0.3 is 0 Å². The molecule has 2 aromatic rings. The fourth-order valence-electron chi connectivity index (χ4n) is 1.91. The van der Waals surface area contributed by atoms with E-state index in [1.807, 2.05) is 10.7 Å². The second-order valence-electron chi connectivity index (χ2n) is 4.32. The predicted molar refractivity (Wildman–Crippen MR) is 78.0 cm³/mol. The first-order valence-electron chi connectivity index (χ1n) is 6.30. The Morgan fingerprint density at radius 2 is 2.25 bits per heavy atom. The van der Waals surface area contributed by atoms with Gasteiger partial charge in [0.05, 0.1) is 17.2 Å². The summed E-state index contributed by atoms with van der Waals surface area (Å²) in [6.45, 7) is 3.37. The summed E-state index contributed by atoms with van der Waals surface area (Å²) in [5.41, 5.74) is 1.40. The molecule has 0 saturated heterocycles. The highest BCUT2D eigenvalue weighted by Crippen LogP contribution is 2.28. The van der Waals surface area contributed by atoms with Crippen molar-refractivity contribution in [3.63, 3.8) is 0 Å². The third kappa shape index (κ3) is 3.27. The van der Waals surface area contributed by atoms with Crippen LogP contribution in [0.15, 0.2) is 30.5 Å². The molecule has 1 N–H and O–H groups in total. The zero-order valence-corrected chi connectivity index (χ0v) is 11.8. The van der Waals surface area contributed by atoms with Crippen molar-refractivity contribution in [2.45, 2.75) is 26.4 Å². The van der Waals surface area contributed by atoms with Crippen molar-refractivity contribution in [3.8, 4) is 0 Å². The van der Waals surface area contributed by atoms with Crippen LogP contribution in [-0.2, 0) is 13.1 Å². The number of anilines is 1. The Morgan fingerprint density at radius 3 is 2.95 bits per heavy atom. The molecule has 2 rings (SSSR count). The molecule has 0 amide bonds. The van der Waals surface area contributed by atoms with Gasteiger partial charge in [-0.3, -0.25) is 14.8 Å². The van der Waals surface area contributed by atoms with Crippen LogP contribution in [0.4, 0.5) is 11.4 Å². The molecule has 1 aromatic carbocycles. The Bertz CT molecular complexity index is 612. The molecule has 0 saturated carbocycles. The van der Waals surface area contributed by atoms with Gasteiger partial charge in [-0.05, 0) is 24.6 Å². The zero-order chi connectivity index (χ0) is 14.5. The molecule has 1 heterocycles. The largest absolute Gasteiger partial charge is 0.374 e. The maximum Gasteiger partial charge on any atom is 0.293 e. The van der Waals surface area contributed by atoms with Crippen molar-refractivity contribution in [1.29, 1.82) is 0 Å². The molecule has 106 valence electrons. The van der Waals surface area contributed by atoms with Gasteiger partial charge in [-0.25, -0.2) is 0 Å². The lowest BCUT2D eigenvalue weighted by atomic mass is 10.2. The van der Waals surface area contributed by atoms with E-state index >= 15 is 0 Å². The molecule has 0 radical (unpaired) electrons. The van der Waals surface area contributed by atoms with E-state index in [2.05, 4.69) is 17.3 Å². The van der Waals surface area contributed by atoms with E-state index in [0.29, 0.717) is 17.3 Å². The number of hydrogen-bond donors (Lipinski definition) is 1. The lowest BCUT2D eigenvalue weighted by Gasteiger charge is -2.09. The Balaban J connectivity index is 2.14. The molecule has 0 aliphatic carbocycles. The van der Waals surface area contributed by atoms with Gasteiger partial charge in [0, 0.05) is 23.8 Å². The highest BCUT2D eigenvalue weighted by molar-refractivity contribution is 6.30. The lowest BCUT2D eigenvalue weighted by Crippen LogP contribution is -2.09. The minimum absolute atomic E-state index is 0.0287. The van der Waals surface area contributed by atoms with Crippen molar-refractivity contribution in [2.24, 2.45) is 0 Å². The summed E-state index contributed by atoms with van der Waals surface area (Å²) in [5.74, 6) is 0. The molecule has 7 heteroatoms. The smallest absolute Gasteiger partial charge is 0.293 e. The van der Waals surface area contributed by atoms with Gasteiger partial charge in [0.15, 0.2) is 0 Å².